The molecule has 7 rings (SSSR count). The van der Waals surface area contributed by atoms with Crippen LogP contribution in [0.3, 0.4) is 0 Å². The Kier molecular flexibility index (Phi) is 12.1. The topological polar surface area (TPSA) is 182 Å². The lowest BCUT2D eigenvalue weighted by molar-refractivity contribution is -0.108. The maximum atomic E-state index is 11.2. The van der Waals surface area contributed by atoms with E-state index in [1.807, 2.05) is 25.5 Å². The molecule has 0 aromatic carbocycles. The molecule has 2 unspecified atom stereocenters. The smallest absolute Gasteiger partial charge is 0.164 e. The van der Waals surface area contributed by atoms with Crippen LogP contribution in [0, 0.1) is 28.6 Å². The molecule has 0 amide bonds. The van der Waals surface area contributed by atoms with Crippen molar-refractivity contribution in [1.29, 1.82) is 10.5 Å². The largest absolute Gasteiger partial charge is 0.391 e. The Morgan fingerprint density at radius 1 is 1.07 bits per heavy atom. The highest BCUT2D eigenvalue weighted by molar-refractivity contribution is 5.77. The van der Waals surface area contributed by atoms with Gasteiger partial charge in [-0.15, -0.1) is 5.10 Å². The molecule has 1 aliphatic heterocycles. The van der Waals surface area contributed by atoms with E-state index in [1.165, 1.54) is 25.5 Å². The third-order valence-corrected chi connectivity index (χ3v) is 12.2. The molecule has 58 heavy (non-hydrogen) atoms. The molecule has 1 saturated carbocycles. The Labute approximate surface area is 339 Å². The van der Waals surface area contributed by atoms with E-state index in [2.05, 4.69) is 90.5 Å². The van der Waals surface area contributed by atoms with Gasteiger partial charge in [0.15, 0.2) is 11.5 Å². The van der Waals surface area contributed by atoms with Gasteiger partial charge in [0.2, 0.25) is 0 Å². The summed E-state index contributed by atoms with van der Waals surface area (Å²) in [4.78, 5) is 30.2. The van der Waals surface area contributed by atoms with Crippen molar-refractivity contribution < 1.29 is 4.79 Å². The zero-order valence-corrected chi connectivity index (χ0v) is 33.8. The van der Waals surface area contributed by atoms with Crippen LogP contribution in [0.25, 0.3) is 22.5 Å². The minimum absolute atomic E-state index is 0.341. The summed E-state index contributed by atoms with van der Waals surface area (Å²) < 4.78 is 3.35. The molecule has 2 N–H and O–H groups in total. The van der Waals surface area contributed by atoms with Crippen LogP contribution in [0.5, 0.6) is 0 Å². The van der Waals surface area contributed by atoms with Gasteiger partial charge in [-0.25, -0.2) is 19.6 Å². The molecule has 15 heteroatoms. The van der Waals surface area contributed by atoms with Gasteiger partial charge < -0.3 is 20.3 Å². The number of hydrogen-bond acceptors (Lipinski definition) is 13. The molecule has 5 aromatic heterocycles. The highest BCUT2D eigenvalue weighted by Crippen LogP contribution is 2.38. The van der Waals surface area contributed by atoms with Crippen LogP contribution < -0.4 is 15.5 Å². The van der Waals surface area contributed by atoms with Gasteiger partial charge in [-0.1, -0.05) is 17.9 Å². The molecule has 300 valence electrons. The maximum Gasteiger partial charge on any atom is 0.164 e. The summed E-state index contributed by atoms with van der Waals surface area (Å²) in [7, 11) is 1.87. The highest BCUT2D eigenvalue weighted by Gasteiger charge is 2.31. The molecule has 15 nitrogen and oxygen atoms in total. The quantitative estimate of drug-likeness (QED) is 0.121. The summed E-state index contributed by atoms with van der Waals surface area (Å²) in [6.45, 7) is 14.5. The number of nitriles is 2. The number of carbonyl (C=O) groups is 1. The van der Waals surface area contributed by atoms with E-state index in [9.17, 15) is 15.3 Å². The third-order valence-electron chi connectivity index (χ3n) is 12.2. The maximum absolute atomic E-state index is 11.2. The number of hydrogen-bond donors (Lipinski definition) is 2. The van der Waals surface area contributed by atoms with E-state index in [0.717, 1.165) is 73.5 Å². The second-order valence-electron chi connectivity index (χ2n) is 16.0. The lowest BCUT2D eigenvalue weighted by Crippen LogP contribution is -2.52. The van der Waals surface area contributed by atoms with Gasteiger partial charge in [0.05, 0.1) is 41.6 Å². The molecular weight excluding hydrogens is 729 g/mol. The van der Waals surface area contributed by atoms with Crippen molar-refractivity contribution in [2.75, 3.05) is 43.4 Å². The summed E-state index contributed by atoms with van der Waals surface area (Å²) in [6, 6.07) is 12.1. The fourth-order valence-corrected chi connectivity index (χ4v) is 8.51. The van der Waals surface area contributed by atoms with Crippen molar-refractivity contribution in [2.45, 2.75) is 89.1 Å². The number of aldehydes is 1. The summed E-state index contributed by atoms with van der Waals surface area (Å²) in [5.41, 5.74) is 4.95. The first kappa shape index (κ1) is 40.0. The van der Waals surface area contributed by atoms with E-state index in [-0.39, 0.29) is 5.41 Å². The first-order valence-electron chi connectivity index (χ1n) is 20.2. The summed E-state index contributed by atoms with van der Waals surface area (Å²) >= 11 is 0. The van der Waals surface area contributed by atoms with Crippen LogP contribution in [0.4, 0.5) is 11.5 Å². The predicted octanol–water partition coefficient (Wildman–Crippen LogP) is 5.83. The van der Waals surface area contributed by atoms with E-state index in [0.29, 0.717) is 59.1 Å². The Balaban J connectivity index is 0.928. The Morgan fingerprint density at radius 2 is 1.88 bits per heavy atom. The number of piperazine rings is 1. The Bertz CT molecular complexity index is 2310. The lowest BCUT2D eigenvalue weighted by Gasteiger charge is -2.41. The summed E-state index contributed by atoms with van der Waals surface area (Å²) in [6.07, 6.45) is 16.6. The van der Waals surface area contributed by atoms with Gasteiger partial charge >= 0.3 is 0 Å². The van der Waals surface area contributed by atoms with E-state index < -0.39 is 6.04 Å². The minimum Gasteiger partial charge on any atom is -0.391 e. The van der Waals surface area contributed by atoms with Gasteiger partial charge in [-0.05, 0) is 89.5 Å². The normalized spacial score (nSPS) is 20.1. The van der Waals surface area contributed by atoms with Crippen molar-refractivity contribution in [2.24, 2.45) is 5.92 Å². The molecule has 1 aliphatic carbocycles. The first-order valence-corrected chi connectivity index (χ1v) is 20.2. The van der Waals surface area contributed by atoms with E-state index >= 15 is 0 Å². The Morgan fingerprint density at radius 3 is 2.59 bits per heavy atom. The number of likely N-dealkylation sites (N-methyl/N-ethyl adjacent to an activating group) is 1. The molecule has 0 spiro atoms. The van der Waals surface area contributed by atoms with Gasteiger partial charge in [0.1, 0.15) is 29.9 Å². The number of allylic oxidation sites excluding steroid dienone is 1. The number of fused-ring (bicyclic) bond motifs is 1. The van der Waals surface area contributed by atoms with Crippen molar-refractivity contribution in [3.63, 3.8) is 0 Å². The van der Waals surface area contributed by atoms with Crippen LogP contribution in [-0.4, -0.2) is 96.2 Å². The minimum atomic E-state index is -0.465. The fourth-order valence-electron chi connectivity index (χ4n) is 8.51. The molecule has 0 radical (unpaired) electrons. The third kappa shape index (κ3) is 8.41. The summed E-state index contributed by atoms with van der Waals surface area (Å²) in [5, 5.41) is 39.7. The molecule has 3 atom stereocenters. The first-order chi connectivity index (χ1) is 28.1. The van der Waals surface area contributed by atoms with Crippen LogP contribution in [-0.2, 0) is 10.2 Å². The molecule has 2 aliphatic rings. The van der Waals surface area contributed by atoms with Crippen LogP contribution >= 0.6 is 0 Å². The standard InChI is InChI=1S/C43H52N14O/c1-29(21-44)51-37-20-41(57-42-35(24-50-57)19-33(22-45)23-49-42)48-26-39(37)56-28-38(52-53-56)34-9-7-32(8-10-34)13-15-54-16-17-55(30(2)27-54)40-12-11-36(25-47-40)43(4,14-6-18-58)31(3)46-5/h11-12,18-20,23-26,28-30,32,34,46H,3,6-10,13-17,27H2,1-2,4-5H3,(H,48,51)/t29-,30?,32?,34?,43?/m1/s1. The van der Waals surface area contributed by atoms with Crippen LogP contribution in [0.15, 0.2) is 67.5 Å². The SMILES string of the molecule is C=C(NC)C(C)(CCC=O)c1ccc(N2CCN(CCC3CCC(c4cn(-c5cnc(-n6ncc7cc(C#N)cnc76)cc5N[C@H](C)C#N)nn4)CC3)CC2C)nc1. The second kappa shape index (κ2) is 17.5. The number of pyridine rings is 3. The number of carbonyl (C=O) groups excluding carboxylic acids is 1. The van der Waals surface area contributed by atoms with Crippen LogP contribution in [0.2, 0.25) is 0 Å². The molecule has 2 fully saturated rings. The number of nitrogens with zero attached hydrogens (tertiary/aromatic N) is 12. The number of nitrogens with one attached hydrogen (secondary N) is 2. The van der Waals surface area contributed by atoms with Crippen molar-refractivity contribution in [1.82, 2.24) is 49.9 Å². The van der Waals surface area contributed by atoms with Gasteiger partial charge in [-0.3, -0.25) is 4.90 Å². The second-order valence-corrected chi connectivity index (χ2v) is 16.0. The van der Waals surface area contributed by atoms with Gasteiger partial charge in [-0.2, -0.15) is 20.3 Å². The number of rotatable bonds is 15. The Hall–Kier alpha value is -6.19. The van der Waals surface area contributed by atoms with Crippen molar-refractivity contribution >= 4 is 28.8 Å². The molecule has 0 bridgehead atoms. The van der Waals surface area contributed by atoms with Gasteiger partial charge in [0.25, 0.3) is 0 Å². The average molecular weight is 781 g/mol. The van der Waals surface area contributed by atoms with Gasteiger partial charge in [0, 0.05) is 80.0 Å². The van der Waals surface area contributed by atoms with E-state index in [4.69, 9.17) is 4.98 Å². The molecule has 1 saturated heterocycles. The van der Waals surface area contributed by atoms with Crippen molar-refractivity contribution in [3.05, 3.63) is 84.3 Å². The molecule has 5 aromatic rings. The van der Waals surface area contributed by atoms with E-state index in [1.54, 1.807) is 34.7 Å². The number of aromatic nitrogens is 8. The molecule has 6 heterocycles. The number of anilines is 2. The monoisotopic (exact) mass is 780 g/mol. The van der Waals surface area contributed by atoms with Crippen molar-refractivity contribution in [3.8, 4) is 23.6 Å². The predicted molar refractivity (Wildman–Crippen MR) is 223 cm³/mol. The zero-order valence-electron chi connectivity index (χ0n) is 33.8. The van der Waals surface area contributed by atoms with Crippen LogP contribution in [0.1, 0.15) is 88.5 Å². The molecular formula is C43H52N14O. The zero-order chi connectivity index (χ0) is 40.8. The average Bonchev–Trinajstić information content (AvgIpc) is 3.93. The highest BCUT2D eigenvalue weighted by atomic mass is 16.1. The summed E-state index contributed by atoms with van der Waals surface area (Å²) in [5.74, 6) is 2.54. The fraction of sp³-hybridized carbons (Fsp3) is 0.465. The lowest BCUT2D eigenvalue weighted by atomic mass is 9.77.